The van der Waals surface area contributed by atoms with Crippen molar-refractivity contribution in [2.45, 2.75) is 116 Å². The van der Waals surface area contributed by atoms with Crippen molar-refractivity contribution in [3.63, 3.8) is 0 Å². The van der Waals surface area contributed by atoms with E-state index in [9.17, 15) is 18.0 Å². The summed E-state index contributed by atoms with van der Waals surface area (Å²) in [7, 11) is 0. The number of nitrogens with one attached hydrogen (secondary N) is 1. The van der Waals surface area contributed by atoms with Crippen LogP contribution in [0.4, 0.5) is 18.0 Å². The summed E-state index contributed by atoms with van der Waals surface area (Å²) in [5.41, 5.74) is 1.04. The van der Waals surface area contributed by atoms with Crippen molar-refractivity contribution in [3.05, 3.63) is 35.9 Å². The molecule has 2 N–H and O–H groups in total. The summed E-state index contributed by atoms with van der Waals surface area (Å²) in [4.78, 5) is 23.6. The average molecular weight is 545 g/mol. The predicted molar refractivity (Wildman–Crippen MR) is 144 cm³/mol. The fraction of sp³-hybridized carbons (Fsp3) is 0.724. The van der Waals surface area contributed by atoms with Crippen LogP contribution in [0.5, 0.6) is 0 Å². The molecular formula is C29H47F3N2O4. The lowest BCUT2D eigenvalue weighted by Gasteiger charge is -2.27. The molecule has 218 valence electrons. The van der Waals surface area contributed by atoms with Gasteiger partial charge in [-0.15, -0.1) is 0 Å². The first kappa shape index (κ1) is 33.7. The lowest BCUT2D eigenvalue weighted by molar-refractivity contribution is -0.192. The van der Waals surface area contributed by atoms with Crippen molar-refractivity contribution >= 4 is 12.1 Å². The number of rotatable bonds is 17. The summed E-state index contributed by atoms with van der Waals surface area (Å²) in [6.45, 7) is 5.33. The van der Waals surface area contributed by atoms with Crippen LogP contribution in [-0.2, 0) is 16.1 Å². The van der Waals surface area contributed by atoms with Crippen molar-refractivity contribution in [1.29, 1.82) is 0 Å². The van der Waals surface area contributed by atoms with Gasteiger partial charge in [0.15, 0.2) is 0 Å². The highest BCUT2D eigenvalue weighted by Gasteiger charge is 2.38. The Bertz CT molecular complexity index is 741. The first-order valence-electron chi connectivity index (χ1n) is 14.2. The quantitative estimate of drug-likeness (QED) is 0.196. The summed E-state index contributed by atoms with van der Waals surface area (Å²) in [6, 6.07) is 10.2. The van der Waals surface area contributed by atoms with E-state index >= 15 is 0 Å². The van der Waals surface area contributed by atoms with Crippen LogP contribution in [0.15, 0.2) is 30.3 Å². The smallest absolute Gasteiger partial charge is 0.475 e. The number of unbranched alkanes of at least 4 members (excludes halogenated alkanes) is 12. The second-order valence-corrected chi connectivity index (χ2v) is 9.93. The number of aliphatic carboxylic acids is 1. The molecule has 0 bridgehead atoms. The maximum atomic E-state index is 12.7. The number of amides is 1. The Morgan fingerprint density at radius 2 is 1.42 bits per heavy atom. The molecule has 1 saturated heterocycles. The highest BCUT2D eigenvalue weighted by molar-refractivity contribution is 5.73. The maximum absolute atomic E-state index is 12.7. The number of carboxylic acids is 1. The van der Waals surface area contributed by atoms with E-state index in [1.54, 1.807) is 0 Å². The van der Waals surface area contributed by atoms with Gasteiger partial charge in [-0.05, 0) is 24.9 Å². The fourth-order valence-corrected chi connectivity index (χ4v) is 4.43. The van der Waals surface area contributed by atoms with Gasteiger partial charge in [-0.25, -0.2) is 9.59 Å². The summed E-state index contributed by atoms with van der Waals surface area (Å²) in [5.74, 6) is -2.76. The van der Waals surface area contributed by atoms with E-state index in [1.165, 1.54) is 77.0 Å². The zero-order valence-corrected chi connectivity index (χ0v) is 22.9. The van der Waals surface area contributed by atoms with Crippen molar-refractivity contribution in [2.75, 3.05) is 19.6 Å². The van der Waals surface area contributed by atoms with Gasteiger partial charge in [-0.2, -0.15) is 13.2 Å². The van der Waals surface area contributed by atoms with Crippen molar-refractivity contribution in [3.8, 4) is 0 Å². The zero-order chi connectivity index (χ0) is 28.1. The number of nitrogens with zero attached hydrogens (tertiary/aromatic N) is 1. The van der Waals surface area contributed by atoms with Gasteiger partial charge in [0.2, 0.25) is 0 Å². The van der Waals surface area contributed by atoms with Gasteiger partial charge in [0.05, 0.1) is 0 Å². The lowest BCUT2D eigenvalue weighted by atomic mass is 10.0. The molecule has 6 nitrogen and oxygen atoms in total. The van der Waals surface area contributed by atoms with Crippen LogP contribution in [-0.4, -0.2) is 53.9 Å². The number of halogens is 3. The van der Waals surface area contributed by atoms with Crippen LogP contribution in [0.1, 0.15) is 102 Å². The Morgan fingerprint density at radius 1 is 0.921 bits per heavy atom. The molecule has 0 aliphatic carbocycles. The normalized spacial score (nSPS) is 15.0. The number of alkyl halides is 3. The molecule has 1 aliphatic heterocycles. The largest absolute Gasteiger partial charge is 0.490 e. The molecule has 2 rings (SSSR count). The molecule has 0 saturated carbocycles. The van der Waals surface area contributed by atoms with E-state index < -0.39 is 12.1 Å². The number of ether oxygens (including phenoxy) is 1. The van der Waals surface area contributed by atoms with E-state index in [1.807, 2.05) is 35.2 Å². The highest BCUT2D eigenvalue weighted by Crippen LogP contribution is 2.16. The Kier molecular flexibility index (Phi) is 18.3. The molecule has 1 fully saturated rings. The Balaban J connectivity index is 0.000000905. The van der Waals surface area contributed by atoms with E-state index in [2.05, 4.69) is 12.2 Å². The number of carbonyl (C=O) groups is 2. The number of carbonyl (C=O) groups excluding carboxylic acids is 1. The number of hydrogen-bond acceptors (Lipinski definition) is 4. The van der Waals surface area contributed by atoms with Crippen LogP contribution < -0.4 is 5.32 Å². The van der Waals surface area contributed by atoms with Crippen LogP contribution in [0.3, 0.4) is 0 Å². The van der Waals surface area contributed by atoms with E-state index in [4.69, 9.17) is 14.6 Å². The predicted octanol–water partition coefficient (Wildman–Crippen LogP) is 7.71. The summed E-state index contributed by atoms with van der Waals surface area (Å²) >= 11 is 0. The SMILES string of the molecule is CCCCCCCCCCCCCCCN(C(=O)OCc1ccccc1)[C@@H]1CCNC1.O=C(O)C(F)(F)F. The Labute approximate surface area is 226 Å². The van der Waals surface area contributed by atoms with Crippen LogP contribution in [0.2, 0.25) is 0 Å². The molecule has 0 unspecified atom stereocenters. The number of benzene rings is 1. The third kappa shape index (κ3) is 16.5. The van der Waals surface area contributed by atoms with Crippen LogP contribution >= 0.6 is 0 Å². The van der Waals surface area contributed by atoms with E-state index in [-0.39, 0.29) is 12.1 Å². The van der Waals surface area contributed by atoms with Gasteiger partial charge >= 0.3 is 18.2 Å². The molecule has 9 heteroatoms. The van der Waals surface area contributed by atoms with Gasteiger partial charge in [-0.3, -0.25) is 0 Å². The molecule has 0 aromatic heterocycles. The monoisotopic (exact) mass is 544 g/mol. The van der Waals surface area contributed by atoms with E-state index in [0.717, 1.165) is 38.0 Å². The average Bonchev–Trinajstić information content (AvgIpc) is 3.42. The topological polar surface area (TPSA) is 78.9 Å². The summed E-state index contributed by atoms with van der Waals surface area (Å²) in [5, 5.41) is 10.5. The van der Waals surface area contributed by atoms with Crippen molar-refractivity contribution in [2.24, 2.45) is 0 Å². The van der Waals surface area contributed by atoms with Crippen molar-refractivity contribution in [1.82, 2.24) is 10.2 Å². The molecule has 1 aromatic carbocycles. The Morgan fingerprint density at radius 3 is 1.87 bits per heavy atom. The molecule has 1 aliphatic rings. The fourth-order valence-electron chi connectivity index (χ4n) is 4.43. The molecule has 1 heterocycles. The standard InChI is InChI=1S/C27H46N2O2.C2HF3O2/c1-2-3-4-5-6-7-8-9-10-11-12-13-17-22-29(26-20-21-28-23-26)27(30)31-24-25-18-15-14-16-19-25;3-2(4,5)1(6)7/h14-16,18-19,26,28H,2-13,17,20-24H2,1H3;(H,6,7)/t26-;/m1./s1. The van der Waals surface area contributed by atoms with Crippen LogP contribution in [0.25, 0.3) is 0 Å². The highest BCUT2D eigenvalue weighted by atomic mass is 19.4. The van der Waals surface area contributed by atoms with Crippen LogP contribution in [0, 0.1) is 0 Å². The molecule has 0 spiro atoms. The molecular weight excluding hydrogens is 497 g/mol. The minimum atomic E-state index is -5.08. The number of hydrogen-bond donors (Lipinski definition) is 2. The molecule has 1 aromatic rings. The van der Waals surface area contributed by atoms with Gasteiger partial charge < -0.3 is 20.1 Å². The minimum Gasteiger partial charge on any atom is -0.475 e. The third-order valence-electron chi connectivity index (χ3n) is 6.66. The molecule has 0 radical (unpaired) electrons. The van der Waals surface area contributed by atoms with E-state index in [0.29, 0.717) is 6.61 Å². The Hall–Kier alpha value is -2.29. The lowest BCUT2D eigenvalue weighted by Crippen LogP contribution is -2.42. The first-order chi connectivity index (χ1) is 18.3. The second kappa shape index (κ2) is 20.6. The molecule has 1 amide bonds. The van der Waals surface area contributed by atoms with Gasteiger partial charge in [-0.1, -0.05) is 114 Å². The number of carboxylic acid groups (broad SMARTS) is 1. The van der Waals surface area contributed by atoms with Gasteiger partial charge in [0, 0.05) is 19.1 Å². The molecule has 1 atom stereocenters. The maximum Gasteiger partial charge on any atom is 0.490 e. The first-order valence-corrected chi connectivity index (χ1v) is 14.2. The summed E-state index contributed by atoms with van der Waals surface area (Å²) in [6.07, 6.45) is 13.3. The van der Waals surface area contributed by atoms with Gasteiger partial charge in [0.1, 0.15) is 6.61 Å². The second-order valence-electron chi connectivity index (χ2n) is 9.93. The van der Waals surface area contributed by atoms with Crippen molar-refractivity contribution < 1.29 is 32.6 Å². The molecule has 38 heavy (non-hydrogen) atoms. The minimum absolute atomic E-state index is 0.156. The van der Waals surface area contributed by atoms with Gasteiger partial charge in [0.25, 0.3) is 0 Å². The zero-order valence-electron chi connectivity index (χ0n) is 22.9. The summed E-state index contributed by atoms with van der Waals surface area (Å²) < 4.78 is 37.4. The third-order valence-corrected chi connectivity index (χ3v) is 6.66.